The van der Waals surface area contributed by atoms with Gasteiger partial charge in [-0.05, 0) is 19.9 Å². The highest BCUT2D eigenvalue weighted by Crippen LogP contribution is 2.49. The van der Waals surface area contributed by atoms with E-state index < -0.39 is 11.6 Å². The summed E-state index contributed by atoms with van der Waals surface area (Å²) >= 11 is 0. The minimum absolute atomic E-state index is 0.406. The van der Waals surface area contributed by atoms with Crippen LogP contribution in [0.25, 0.3) is 0 Å². The maximum atomic E-state index is 12.9. The van der Waals surface area contributed by atoms with Gasteiger partial charge >= 0.3 is 0 Å². The van der Waals surface area contributed by atoms with Crippen molar-refractivity contribution in [3.8, 4) is 0 Å². The van der Waals surface area contributed by atoms with Crippen LogP contribution in [0.4, 0.5) is 4.39 Å². The summed E-state index contributed by atoms with van der Waals surface area (Å²) in [6.45, 7) is 2.27. The monoisotopic (exact) mass is 185 g/mol. The lowest BCUT2D eigenvalue weighted by atomic mass is 10.1. The SMILES string of the molecule is CC1(c2nc(CCN)no2)CC1F. The second kappa shape index (κ2) is 2.77. The molecule has 0 bridgehead atoms. The second-order valence-electron chi connectivity index (χ2n) is 3.64. The van der Waals surface area contributed by atoms with E-state index in [-0.39, 0.29) is 0 Å². The molecule has 2 rings (SSSR count). The minimum Gasteiger partial charge on any atom is -0.339 e. The van der Waals surface area contributed by atoms with Gasteiger partial charge in [-0.15, -0.1) is 0 Å². The summed E-state index contributed by atoms with van der Waals surface area (Å²) in [4.78, 5) is 4.09. The van der Waals surface area contributed by atoms with E-state index >= 15 is 0 Å². The van der Waals surface area contributed by atoms with Crippen LogP contribution < -0.4 is 5.73 Å². The second-order valence-corrected chi connectivity index (χ2v) is 3.64. The average molecular weight is 185 g/mol. The standard InChI is InChI=1S/C8H12FN3O/c1-8(4-5(8)9)7-11-6(2-3-10)12-13-7/h5H,2-4,10H2,1H3. The van der Waals surface area contributed by atoms with Crippen LogP contribution >= 0.6 is 0 Å². The van der Waals surface area contributed by atoms with E-state index in [1.807, 2.05) is 0 Å². The van der Waals surface area contributed by atoms with Gasteiger partial charge in [0.1, 0.15) is 6.17 Å². The maximum Gasteiger partial charge on any atom is 0.235 e. The Bertz CT molecular complexity index is 314. The molecule has 0 amide bonds. The van der Waals surface area contributed by atoms with Gasteiger partial charge in [-0.2, -0.15) is 4.98 Å². The van der Waals surface area contributed by atoms with E-state index in [1.54, 1.807) is 6.92 Å². The van der Waals surface area contributed by atoms with Crippen LogP contribution in [-0.4, -0.2) is 22.9 Å². The zero-order chi connectivity index (χ0) is 9.47. The highest BCUT2D eigenvalue weighted by atomic mass is 19.1. The minimum atomic E-state index is -0.835. The predicted molar refractivity (Wildman–Crippen MR) is 43.9 cm³/mol. The molecule has 5 heteroatoms. The molecule has 2 atom stereocenters. The molecule has 1 aromatic heterocycles. The van der Waals surface area contributed by atoms with Crippen molar-refractivity contribution >= 4 is 0 Å². The normalized spacial score (nSPS) is 32.1. The summed E-state index contributed by atoms with van der Waals surface area (Å²) in [5.74, 6) is 0.973. The Morgan fingerprint density at radius 1 is 1.77 bits per heavy atom. The molecule has 1 aromatic rings. The van der Waals surface area contributed by atoms with Gasteiger partial charge in [-0.1, -0.05) is 5.16 Å². The number of nitrogens with zero attached hydrogens (tertiary/aromatic N) is 2. The van der Waals surface area contributed by atoms with E-state index in [0.717, 1.165) is 0 Å². The van der Waals surface area contributed by atoms with Gasteiger partial charge in [0, 0.05) is 6.42 Å². The lowest BCUT2D eigenvalue weighted by Crippen LogP contribution is -2.07. The van der Waals surface area contributed by atoms with E-state index in [9.17, 15) is 4.39 Å². The topological polar surface area (TPSA) is 64.9 Å². The van der Waals surface area contributed by atoms with Crippen molar-refractivity contribution in [3.63, 3.8) is 0 Å². The quantitative estimate of drug-likeness (QED) is 0.747. The fourth-order valence-corrected chi connectivity index (χ4v) is 1.25. The van der Waals surface area contributed by atoms with Gasteiger partial charge in [0.25, 0.3) is 0 Å². The zero-order valence-corrected chi connectivity index (χ0v) is 7.46. The van der Waals surface area contributed by atoms with Crippen molar-refractivity contribution < 1.29 is 8.91 Å². The Morgan fingerprint density at radius 3 is 3.00 bits per heavy atom. The summed E-state index contributed by atoms with van der Waals surface area (Å²) in [5.41, 5.74) is 4.80. The average Bonchev–Trinajstić information content (AvgIpc) is 2.53. The molecule has 0 radical (unpaired) electrons. The fourth-order valence-electron chi connectivity index (χ4n) is 1.25. The molecule has 1 heterocycles. The summed E-state index contributed by atoms with van der Waals surface area (Å²) in [5, 5.41) is 3.71. The molecule has 0 aromatic carbocycles. The number of hydrogen-bond donors (Lipinski definition) is 1. The van der Waals surface area contributed by atoms with Gasteiger partial charge in [0.15, 0.2) is 5.82 Å². The summed E-state index contributed by atoms with van der Waals surface area (Å²) in [7, 11) is 0. The van der Waals surface area contributed by atoms with Gasteiger partial charge < -0.3 is 10.3 Å². The number of alkyl halides is 1. The molecular weight excluding hydrogens is 173 g/mol. The molecule has 2 unspecified atom stereocenters. The molecule has 0 aliphatic heterocycles. The summed E-state index contributed by atoms with van der Waals surface area (Å²) in [6.07, 6.45) is 0.229. The third-order valence-corrected chi connectivity index (χ3v) is 2.46. The van der Waals surface area contributed by atoms with Crippen molar-refractivity contribution in [2.24, 2.45) is 5.73 Å². The van der Waals surface area contributed by atoms with Crippen molar-refractivity contribution in [2.45, 2.75) is 31.4 Å². The van der Waals surface area contributed by atoms with E-state index in [2.05, 4.69) is 10.1 Å². The fraction of sp³-hybridized carbons (Fsp3) is 0.750. The number of halogens is 1. The Balaban J connectivity index is 2.14. The van der Waals surface area contributed by atoms with E-state index in [0.29, 0.717) is 31.1 Å². The Hall–Kier alpha value is -0.970. The third kappa shape index (κ3) is 1.33. The molecule has 0 saturated heterocycles. The van der Waals surface area contributed by atoms with Gasteiger partial charge in [-0.25, -0.2) is 4.39 Å². The molecule has 4 nitrogen and oxygen atoms in total. The Kier molecular flexibility index (Phi) is 1.83. The molecule has 0 spiro atoms. The molecule has 1 fully saturated rings. The van der Waals surface area contributed by atoms with E-state index in [4.69, 9.17) is 10.3 Å². The van der Waals surface area contributed by atoms with Gasteiger partial charge in [0.2, 0.25) is 5.89 Å². The van der Waals surface area contributed by atoms with Crippen molar-refractivity contribution in [1.82, 2.24) is 10.1 Å². The lowest BCUT2D eigenvalue weighted by molar-refractivity contribution is 0.322. The van der Waals surface area contributed by atoms with Crippen molar-refractivity contribution in [2.75, 3.05) is 6.54 Å². The van der Waals surface area contributed by atoms with Crippen molar-refractivity contribution in [3.05, 3.63) is 11.7 Å². The maximum absolute atomic E-state index is 12.9. The first-order chi connectivity index (χ1) is 6.16. The third-order valence-electron chi connectivity index (χ3n) is 2.46. The summed E-state index contributed by atoms with van der Waals surface area (Å²) < 4.78 is 17.8. The molecule has 2 N–H and O–H groups in total. The first-order valence-electron chi connectivity index (χ1n) is 4.34. The molecule has 13 heavy (non-hydrogen) atoms. The largest absolute Gasteiger partial charge is 0.339 e. The number of nitrogens with two attached hydrogens (primary N) is 1. The van der Waals surface area contributed by atoms with Crippen LogP contribution in [0.2, 0.25) is 0 Å². The highest BCUT2D eigenvalue weighted by molar-refractivity contribution is 5.19. The Labute approximate surface area is 75.3 Å². The molecule has 72 valence electrons. The van der Waals surface area contributed by atoms with Crippen LogP contribution in [-0.2, 0) is 11.8 Å². The molecule has 1 aliphatic carbocycles. The smallest absolute Gasteiger partial charge is 0.235 e. The molecule has 1 saturated carbocycles. The van der Waals surface area contributed by atoms with Gasteiger partial charge in [-0.3, -0.25) is 0 Å². The lowest BCUT2D eigenvalue weighted by Gasteiger charge is -1.97. The zero-order valence-electron chi connectivity index (χ0n) is 7.46. The number of rotatable bonds is 3. The Morgan fingerprint density at radius 2 is 2.46 bits per heavy atom. The van der Waals surface area contributed by atoms with Crippen LogP contribution in [0.1, 0.15) is 25.1 Å². The van der Waals surface area contributed by atoms with Gasteiger partial charge in [0.05, 0.1) is 5.41 Å². The molecular formula is C8H12FN3O. The molecule has 1 aliphatic rings. The van der Waals surface area contributed by atoms with Crippen molar-refractivity contribution in [1.29, 1.82) is 0 Å². The first kappa shape index (κ1) is 8.62. The van der Waals surface area contributed by atoms with Crippen LogP contribution in [0.5, 0.6) is 0 Å². The summed E-state index contributed by atoms with van der Waals surface area (Å²) in [6, 6.07) is 0. The first-order valence-corrected chi connectivity index (χ1v) is 4.34. The van der Waals surface area contributed by atoms with Crippen LogP contribution in [0.15, 0.2) is 4.52 Å². The van der Waals surface area contributed by atoms with Crippen LogP contribution in [0, 0.1) is 0 Å². The number of hydrogen-bond acceptors (Lipinski definition) is 4. The predicted octanol–water partition coefficient (Wildman–Crippen LogP) is 0.570. The number of aromatic nitrogens is 2. The highest BCUT2D eigenvalue weighted by Gasteiger charge is 2.56. The van der Waals surface area contributed by atoms with Crippen LogP contribution in [0.3, 0.4) is 0 Å². The van der Waals surface area contributed by atoms with E-state index in [1.165, 1.54) is 0 Å².